The van der Waals surface area contributed by atoms with Crippen LogP contribution in [0.15, 0.2) is 0 Å². The minimum Gasteiger partial charge on any atom is -0.391 e. The number of aliphatic hydroxyl groups excluding tert-OH is 1. The van der Waals surface area contributed by atoms with Crippen LogP contribution in [-0.2, 0) is 4.79 Å². The first-order valence-corrected chi connectivity index (χ1v) is 5.69. The van der Waals surface area contributed by atoms with Crippen LogP contribution in [0.25, 0.3) is 0 Å². The van der Waals surface area contributed by atoms with Crippen molar-refractivity contribution in [1.82, 2.24) is 4.90 Å². The lowest BCUT2D eigenvalue weighted by Crippen LogP contribution is -3.15. The monoisotopic (exact) mass is 215 g/mol. The van der Waals surface area contributed by atoms with Gasteiger partial charge in [0.2, 0.25) is 5.91 Å². The van der Waals surface area contributed by atoms with Gasteiger partial charge < -0.3 is 14.9 Å². The van der Waals surface area contributed by atoms with Gasteiger partial charge in [0.1, 0.15) is 6.54 Å². The van der Waals surface area contributed by atoms with Gasteiger partial charge in [-0.2, -0.15) is 0 Å². The van der Waals surface area contributed by atoms with E-state index in [1.165, 1.54) is 4.90 Å². The van der Waals surface area contributed by atoms with E-state index >= 15 is 0 Å². The van der Waals surface area contributed by atoms with E-state index in [-0.39, 0.29) is 17.9 Å². The lowest BCUT2D eigenvalue weighted by Gasteiger charge is -2.35. The lowest BCUT2D eigenvalue weighted by molar-refractivity contribution is -0.904. The van der Waals surface area contributed by atoms with E-state index in [2.05, 4.69) is 0 Å². The molecule has 0 spiro atoms. The van der Waals surface area contributed by atoms with Gasteiger partial charge in [0.05, 0.1) is 32.8 Å². The first-order chi connectivity index (χ1) is 6.95. The van der Waals surface area contributed by atoms with Crippen LogP contribution < -0.4 is 4.90 Å². The number of hydrogen-bond acceptors (Lipinski definition) is 2. The van der Waals surface area contributed by atoms with Crippen LogP contribution in [0.5, 0.6) is 0 Å². The molecule has 2 N–H and O–H groups in total. The molecule has 0 aromatic heterocycles. The summed E-state index contributed by atoms with van der Waals surface area (Å²) in [7, 11) is 0. The second-order valence-corrected chi connectivity index (χ2v) is 5.27. The maximum Gasteiger partial charge on any atom is 0.228 e. The molecular weight excluding hydrogens is 192 g/mol. The van der Waals surface area contributed by atoms with Gasteiger partial charge in [0.25, 0.3) is 0 Å². The minimum atomic E-state index is -0.269. The second kappa shape index (κ2) is 4.94. The Bertz CT molecular complexity index is 215. The van der Waals surface area contributed by atoms with E-state index in [9.17, 15) is 4.79 Å². The van der Waals surface area contributed by atoms with E-state index in [0.29, 0.717) is 0 Å². The predicted octanol–water partition coefficient (Wildman–Crippen LogP) is -1.25. The number of piperazine rings is 1. The van der Waals surface area contributed by atoms with Crippen molar-refractivity contribution in [3.05, 3.63) is 0 Å². The van der Waals surface area contributed by atoms with E-state index in [1.807, 2.05) is 25.7 Å². The number of nitrogens with one attached hydrogen (secondary N) is 1. The molecule has 0 unspecified atom stereocenters. The molecule has 88 valence electrons. The third kappa shape index (κ3) is 3.47. The molecule has 0 radical (unpaired) electrons. The Balaban J connectivity index is 2.41. The van der Waals surface area contributed by atoms with Crippen molar-refractivity contribution in [2.75, 3.05) is 39.3 Å². The third-order valence-corrected chi connectivity index (χ3v) is 2.86. The predicted molar refractivity (Wildman–Crippen MR) is 58.7 cm³/mol. The van der Waals surface area contributed by atoms with E-state index in [0.717, 1.165) is 32.7 Å². The summed E-state index contributed by atoms with van der Waals surface area (Å²) in [5.74, 6) is 0.241. The molecule has 4 nitrogen and oxygen atoms in total. The topological polar surface area (TPSA) is 45.0 Å². The van der Waals surface area contributed by atoms with Gasteiger partial charge in [-0.05, 0) is 0 Å². The lowest BCUT2D eigenvalue weighted by atomic mass is 9.94. The SMILES string of the molecule is CC(C)(C)C(=O)N1CC[NH+](CCO)CC1. The fourth-order valence-corrected chi connectivity index (χ4v) is 1.91. The maximum atomic E-state index is 12.0. The standard InChI is InChI=1S/C11H22N2O2/c1-11(2,3)10(15)13-6-4-12(5-7-13)8-9-14/h14H,4-9H2,1-3H3/p+1. The normalized spacial score (nSPS) is 19.3. The zero-order valence-electron chi connectivity index (χ0n) is 10.0. The quantitative estimate of drug-likeness (QED) is 0.605. The Morgan fingerprint density at radius 3 is 2.27 bits per heavy atom. The van der Waals surface area contributed by atoms with Crippen LogP contribution in [0.2, 0.25) is 0 Å². The minimum absolute atomic E-state index is 0.239. The zero-order valence-corrected chi connectivity index (χ0v) is 10.0. The van der Waals surface area contributed by atoms with Gasteiger partial charge in [0.15, 0.2) is 0 Å². The van der Waals surface area contributed by atoms with Crippen molar-refractivity contribution in [1.29, 1.82) is 0 Å². The molecule has 1 heterocycles. The van der Waals surface area contributed by atoms with Crippen molar-refractivity contribution < 1.29 is 14.8 Å². The second-order valence-electron chi connectivity index (χ2n) is 5.27. The molecular formula is C11H23N2O2+. The first-order valence-electron chi connectivity index (χ1n) is 5.69. The summed E-state index contributed by atoms with van der Waals surface area (Å²) in [6.07, 6.45) is 0. The van der Waals surface area contributed by atoms with E-state index in [1.54, 1.807) is 0 Å². The average molecular weight is 215 g/mol. The molecule has 1 aliphatic rings. The largest absolute Gasteiger partial charge is 0.391 e. The summed E-state index contributed by atoms with van der Waals surface area (Å²) >= 11 is 0. The molecule has 0 aromatic rings. The first kappa shape index (κ1) is 12.5. The highest BCUT2D eigenvalue weighted by molar-refractivity contribution is 5.81. The maximum absolute atomic E-state index is 12.0. The number of carbonyl (C=O) groups excluding carboxylic acids is 1. The van der Waals surface area contributed by atoms with Crippen LogP contribution in [0.4, 0.5) is 0 Å². The number of amides is 1. The molecule has 1 aliphatic heterocycles. The summed E-state index contributed by atoms with van der Waals surface area (Å²) in [4.78, 5) is 15.3. The summed E-state index contributed by atoms with van der Waals surface area (Å²) in [6.45, 7) is 10.5. The highest BCUT2D eigenvalue weighted by Gasteiger charge is 2.30. The van der Waals surface area contributed by atoms with E-state index in [4.69, 9.17) is 5.11 Å². The van der Waals surface area contributed by atoms with Crippen molar-refractivity contribution in [3.63, 3.8) is 0 Å². The molecule has 0 atom stereocenters. The average Bonchev–Trinajstić information content (AvgIpc) is 2.17. The molecule has 1 fully saturated rings. The number of hydrogen-bond donors (Lipinski definition) is 2. The van der Waals surface area contributed by atoms with E-state index < -0.39 is 0 Å². The summed E-state index contributed by atoms with van der Waals surface area (Å²) in [5.41, 5.74) is -0.269. The van der Waals surface area contributed by atoms with Gasteiger partial charge in [-0.15, -0.1) is 0 Å². The molecule has 0 aromatic carbocycles. The van der Waals surface area contributed by atoms with Crippen LogP contribution in [0.3, 0.4) is 0 Å². The van der Waals surface area contributed by atoms with Gasteiger partial charge in [-0.25, -0.2) is 0 Å². The molecule has 1 saturated heterocycles. The van der Waals surface area contributed by atoms with Crippen LogP contribution in [0, 0.1) is 5.41 Å². The Labute approximate surface area is 91.9 Å². The summed E-state index contributed by atoms with van der Waals surface area (Å²) in [6, 6.07) is 0. The smallest absolute Gasteiger partial charge is 0.228 e. The van der Waals surface area contributed by atoms with Gasteiger partial charge in [0, 0.05) is 5.41 Å². The van der Waals surface area contributed by atoms with Crippen molar-refractivity contribution in [2.45, 2.75) is 20.8 Å². The molecule has 0 aliphatic carbocycles. The van der Waals surface area contributed by atoms with Crippen molar-refractivity contribution in [3.8, 4) is 0 Å². The Morgan fingerprint density at radius 1 is 1.33 bits per heavy atom. The van der Waals surface area contributed by atoms with Crippen molar-refractivity contribution >= 4 is 5.91 Å². The molecule has 1 amide bonds. The van der Waals surface area contributed by atoms with Crippen LogP contribution in [-0.4, -0.2) is 55.2 Å². The van der Waals surface area contributed by atoms with Gasteiger partial charge in [-0.3, -0.25) is 4.79 Å². The van der Waals surface area contributed by atoms with Crippen molar-refractivity contribution in [2.24, 2.45) is 5.41 Å². The fourth-order valence-electron chi connectivity index (χ4n) is 1.91. The molecule has 1 rings (SSSR count). The molecule has 4 heteroatoms. The fraction of sp³-hybridized carbons (Fsp3) is 0.909. The third-order valence-electron chi connectivity index (χ3n) is 2.86. The molecule has 0 bridgehead atoms. The Hall–Kier alpha value is -0.610. The highest BCUT2D eigenvalue weighted by Crippen LogP contribution is 2.16. The number of rotatable bonds is 2. The Morgan fingerprint density at radius 2 is 1.87 bits per heavy atom. The van der Waals surface area contributed by atoms with Crippen LogP contribution >= 0.6 is 0 Å². The number of carbonyl (C=O) groups is 1. The number of quaternary nitrogens is 1. The van der Waals surface area contributed by atoms with Crippen LogP contribution in [0.1, 0.15) is 20.8 Å². The van der Waals surface area contributed by atoms with Gasteiger partial charge in [-0.1, -0.05) is 20.8 Å². The number of nitrogens with zero attached hydrogens (tertiary/aromatic N) is 1. The summed E-state index contributed by atoms with van der Waals surface area (Å²) in [5, 5.41) is 8.82. The van der Waals surface area contributed by atoms with Gasteiger partial charge >= 0.3 is 0 Å². The molecule has 0 saturated carbocycles. The Kier molecular flexibility index (Phi) is 4.11. The number of aliphatic hydroxyl groups is 1. The summed E-state index contributed by atoms with van der Waals surface area (Å²) < 4.78 is 0. The highest BCUT2D eigenvalue weighted by atomic mass is 16.3. The molecule has 15 heavy (non-hydrogen) atoms. The zero-order chi connectivity index (χ0) is 11.5.